The summed E-state index contributed by atoms with van der Waals surface area (Å²) < 4.78 is 0.881. The van der Waals surface area contributed by atoms with Gasteiger partial charge in [-0.1, -0.05) is 23.7 Å². The third-order valence-corrected chi connectivity index (χ3v) is 3.60. The molecule has 2 aromatic rings. The molecule has 1 amide bonds. The van der Waals surface area contributed by atoms with Crippen molar-refractivity contribution in [2.45, 2.75) is 6.92 Å². The highest BCUT2D eigenvalue weighted by atomic mass is 79.9. The van der Waals surface area contributed by atoms with E-state index in [1.165, 1.54) is 0 Å². The lowest BCUT2D eigenvalue weighted by Gasteiger charge is -2.08. The summed E-state index contributed by atoms with van der Waals surface area (Å²) in [6.07, 6.45) is 1.57. The van der Waals surface area contributed by atoms with Gasteiger partial charge in [0.15, 0.2) is 0 Å². The summed E-state index contributed by atoms with van der Waals surface area (Å²) in [7, 11) is 0. The van der Waals surface area contributed by atoms with E-state index in [9.17, 15) is 4.79 Å². The van der Waals surface area contributed by atoms with Crippen LogP contribution >= 0.6 is 27.5 Å². The molecular weight excluding hydrogens is 304 g/mol. The van der Waals surface area contributed by atoms with E-state index in [0.29, 0.717) is 10.7 Å². The highest BCUT2D eigenvalue weighted by Gasteiger charge is 2.10. The Hall–Kier alpha value is -1.26. The number of amides is 1. The molecule has 88 valence electrons. The summed E-state index contributed by atoms with van der Waals surface area (Å²) in [6.45, 7) is 1.96. The monoisotopic (exact) mass is 312 g/mol. The van der Waals surface area contributed by atoms with Crippen molar-refractivity contribution in [3.63, 3.8) is 0 Å². The number of H-pyrrole nitrogens is 1. The summed E-state index contributed by atoms with van der Waals surface area (Å²) in [5.41, 5.74) is 2.23. The molecule has 17 heavy (non-hydrogen) atoms. The molecule has 0 radical (unpaired) electrons. The Morgan fingerprint density at radius 3 is 2.88 bits per heavy atom. The van der Waals surface area contributed by atoms with E-state index in [0.717, 1.165) is 15.7 Å². The van der Waals surface area contributed by atoms with Crippen LogP contribution in [0.15, 0.2) is 34.9 Å². The van der Waals surface area contributed by atoms with Crippen LogP contribution in [0.5, 0.6) is 0 Å². The van der Waals surface area contributed by atoms with Crippen LogP contribution in [0.4, 0.5) is 5.69 Å². The molecule has 0 spiro atoms. The van der Waals surface area contributed by atoms with Gasteiger partial charge in [-0.25, -0.2) is 0 Å². The maximum Gasteiger partial charge on any atom is 0.272 e. The number of aryl methyl sites for hydroxylation is 1. The van der Waals surface area contributed by atoms with Crippen LogP contribution in [0.2, 0.25) is 5.02 Å². The first-order valence-corrected chi connectivity index (χ1v) is 6.15. The molecule has 0 saturated heterocycles. The molecule has 0 aliphatic carbocycles. The van der Waals surface area contributed by atoms with Gasteiger partial charge in [-0.2, -0.15) is 0 Å². The van der Waals surface area contributed by atoms with Gasteiger partial charge in [0.1, 0.15) is 5.69 Å². The Kier molecular flexibility index (Phi) is 3.54. The fourth-order valence-corrected chi connectivity index (χ4v) is 1.96. The topological polar surface area (TPSA) is 44.9 Å². The third-order valence-electron chi connectivity index (χ3n) is 2.33. The molecule has 1 heterocycles. The van der Waals surface area contributed by atoms with Crippen LogP contribution in [0, 0.1) is 6.92 Å². The zero-order valence-electron chi connectivity index (χ0n) is 9.05. The lowest BCUT2D eigenvalue weighted by molar-refractivity contribution is 0.102. The highest BCUT2D eigenvalue weighted by Crippen LogP contribution is 2.26. The fourth-order valence-electron chi connectivity index (χ4n) is 1.43. The van der Waals surface area contributed by atoms with Gasteiger partial charge in [0.25, 0.3) is 5.91 Å². The number of hydrogen-bond donors (Lipinski definition) is 2. The highest BCUT2D eigenvalue weighted by molar-refractivity contribution is 9.10. The van der Waals surface area contributed by atoms with Gasteiger partial charge in [-0.05, 0) is 40.5 Å². The van der Waals surface area contributed by atoms with E-state index in [1.807, 2.05) is 25.1 Å². The van der Waals surface area contributed by atoms with Crippen LogP contribution in [0.3, 0.4) is 0 Å². The lowest BCUT2D eigenvalue weighted by atomic mass is 10.2. The summed E-state index contributed by atoms with van der Waals surface area (Å²) in [6, 6.07) is 7.27. The minimum absolute atomic E-state index is 0.219. The SMILES string of the molecule is Cc1cccc(NC(=O)c2cc(Cl)c[nH]2)c1Br. The molecule has 0 aliphatic rings. The van der Waals surface area contributed by atoms with Gasteiger partial charge in [-0.3, -0.25) is 4.79 Å². The summed E-state index contributed by atoms with van der Waals surface area (Å²) in [4.78, 5) is 14.7. The standard InChI is InChI=1S/C12H10BrClN2O/c1-7-3-2-4-9(11(7)13)16-12(17)10-5-8(14)6-15-10/h2-6,15H,1H3,(H,16,17). The number of hydrogen-bond acceptors (Lipinski definition) is 1. The molecule has 0 bridgehead atoms. The molecule has 0 unspecified atom stereocenters. The molecule has 1 aromatic heterocycles. The average molecular weight is 314 g/mol. The number of aromatic amines is 1. The summed E-state index contributed by atoms with van der Waals surface area (Å²) >= 11 is 9.18. The summed E-state index contributed by atoms with van der Waals surface area (Å²) in [5, 5.41) is 3.32. The van der Waals surface area contributed by atoms with Gasteiger partial charge < -0.3 is 10.3 Å². The number of benzene rings is 1. The van der Waals surface area contributed by atoms with Crippen LogP contribution in [0.1, 0.15) is 16.1 Å². The maximum absolute atomic E-state index is 11.9. The van der Waals surface area contributed by atoms with Gasteiger partial charge in [0, 0.05) is 10.7 Å². The van der Waals surface area contributed by atoms with Crippen molar-refractivity contribution in [1.29, 1.82) is 0 Å². The second kappa shape index (κ2) is 4.94. The van der Waals surface area contributed by atoms with Crippen molar-refractivity contribution < 1.29 is 4.79 Å². The second-order valence-electron chi connectivity index (χ2n) is 3.62. The quantitative estimate of drug-likeness (QED) is 0.865. The second-order valence-corrected chi connectivity index (χ2v) is 4.85. The van der Waals surface area contributed by atoms with Gasteiger partial charge in [0.2, 0.25) is 0 Å². The number of carbonyl (C=O) groups excluding carboxylic acids is 1. The Morgan fingerprint density at radius 1 is 1.47 bits per heavy atom. The number of halogens is 2. The summed E-state index contributed by atoms with van der Waals surface area (Å²) in [5.74, 6) is -0.219. The van der Waals surface area contributed by atoms with Gasteiger partial charge in [-0.15, -0.1) is 0 Å². The van der Waals surface area contributed by atoms with Crippen LogP contribution in [0.25, 0.3) is 0 Å². The Bertz CT molecular complexity index is 565. The number of aromatic nitrogens is 1. The Labute approximate surface area is 112 Å². The van der Waals surface area contributed by atoms with E-state index in [2.05, 4.69) is 26.2 Å². The molecule has 3 nitrogen and oxygen atoms in total. The minimum Gasteiger partial charge on any atom is -0.356 e. The van der Waals surface area contributed by atoms with Crippen molar-refractivity contribution in [1.82, 2.24) is 4.98 Å². The molecule has 0 atom stereocenters. The number of nitrogens with one attached hydrogen (secondary N) is 2. The largest absolute Gasteiger partial charge is 0.356 e. The first-order valence-electron chi connectivity index (χ1n) is 4.98. The molecular formula is C12H10BrClN2O. The van der Waals surface area contributed by atoms with Crippen molar-refractivity contribution in [2.75, 3.05) is 5.32 Å². The Balaban J connectivity index is 2.21. The van der Waals surface area contributed by atoms with Crippen molar-refractivity contribution in [2.24, 2.45) is 0 Å². The average Bonchev–Trinajstić information content (AvgIpc) is 2.72. The normalized spacial score (nSPS) is 10.3. The van der Waals surface area contributed by atoms with Crippen LogP contribution in [-0.2, 0) is 0 Å². The van der Waals surface area contributed by atoms with Crippen molar-refractivity contribution in [3.05, 3.63) is 51.2 Å². The first kappa shape index (κ1) is 12.2. The predicted octanol–water partition coefficient (Wildman–Crippen LogP) is 3.99. The van der Waals surface area contributed by atoms with E-state index >= 15 is 0 Å². The lowest BCUT2D eigenvalue weighted by Crippen LogP contribution is -2.12. The van der Waals surface area contributed by atoms with Crippen molar-refractivity contribution >= 4 is 39.1 Å². The Morgan fingerprint density at radius 2 is 2.24 bits per heavy atom. The smallest absolute Gasteiger partial charge is 0.272 e. The first-order chi connectivity index (χ1) is 8.08. The van der Waals surface area contributed by atoms with E-state index < -0.39 is 0 Å². The van der Waals surface area contributed by atoms with Gasteiger partial charge >= 0.3 is 0 Å². The molecule has 2 N–H and O–H groups in total. The molecule has 0 fully saturated rings. The van der Waals surface area contributed by atoms with E-state index in [1.54, 1.807) is 12.3 Å². The minimum atomic E-state index is -0.219. The predicted molar refractivity (Wildman–Crippen MR) is 72.6 cm³/mol. The molecule has 0 saturated carbocycles. The van der Waals surface area contributed by atoms with Gasteiger partial charge in [0.05, 0.1) is 10.7 Å². The van der Waals surface area contributed by atoms with E-state index in [-0.39, 0.29) is 5.91 Å². The zero-order chi connectivity index (χ0) is 12.4. The van der Waals surface area contributed by atoms with Crippen LogP contribution < -0.4 is 5.32 Å². The molecule has 1 aromatic carbocycles. The molecule has 2 rings (SSSR count). The van der Waals surface area contributed by atoms with Crippen molar-refractivity contribution in [3.8, 4) is 0 Å². The third kappa shape index (κ3) is 2.70. The molecule has 0 aliphatic heterocycles. The van der Waals surface area contributed by atoms with Crippen LogP contribution in [-0.4, -0.2) is 10.9 Å². The van der Waals surface area contributed by atoms with E-state index in [4.69, 9.17) is 11.6 Å². The zero-order valence-corrected chi connectivity index (χ0v) is 11.4. The number of rotatable bonds is 2. The number of carbonyl (C=O) groups is 1. The fraction of sp³-hybridized carbons (Fsp3) is 0.0833. The molecule has 5 heteroatoms. The maximum atomic E-state index is 11.9. The number of anilines is 1.